The maximum Gasteiger partial charge on any atom is 0.239 e. The Morgan fingerprint density at radius 2 is 1.79 bits per heavy atom. The van der Waals surface area contributed by atoms with Crippen LogP contribution in [0.15, 0.2) is 54.6 Å². The first kappa shape index (κ1) is 16.5. The van der Waals surface area contributed by atoms with Crippen LogP contribution in [-0.4, -0.2) is 21.4 Å². The second-order valence-corrected chi connectivity index (χ2v) is 6.95. The number of hydrogen-bond donors (Lipinski definition) is 2. The maximum absolute atomic E-state index is 12.0. The first-order chi connectivity index (χ1) is 11.6. The zero-order valence-corrected chi connectivity index (χ0v) is 14.2. The Bertz CT molecular complexity index is 763. The molecular weight excluding hydrogens is 344 g/mol. The van der Waals surface area contributed by atoms with Crippen LogP contribution < -0.4 is 15.4 Å². The van der Waals surface area contributed by atoms with Crippen molar-refractivity contribution in [1.82, 2.24) is 5.32 Å². The van der Waals surface area contributed by atoms with Crippen LogP contribution in [0.5, 0.6) is 11.5 Å². The molecule has 5 nitrogen and oxygen atoms in total. The van der Waals surface area contributed by atoms with E-state index in [1.165, 1.54) is 11.8 Å². The topological polar surface area (TPSA) is 67.4 Å². The number of para-hydroxylation sites is 1. The van der Waals surface area contributed by atoms with Crippen LogP contribution >= 0.6 is 24.0 Å². The molecule has 1 atom stereocenters. The molecule has 1 heterocycles. The van der Waals surface area contributed by atoms with Crippen LogP contribution in [0.3, 0.4) is 0 Å². The van der Waals surface area contributed by atoms with Gasteiger partial charge in [-0.3, -0.25) is 9.59 Å². The average Bonchev–Trinajstić information content (AvgIpc) is 2.87. The van der Waals surface area contributed by atoms with Gasteiger partial charge in [-0.05, 0) is 36.4 Å². The van der Waals surface area contributed by atoms with Gasteiger partial charge in [-0.25, -0.2) is 0 Å². The number of anilines is 1. The van der Waals surface area contributed by atoms with Crippen molar-refractivity contribution in [2.45, 2.75) is 11.7 Å². The monoisotopic (exact) mass is 358 g/mol. The van der Waals surface area contributed by atoms with Gasteiger partial charge >= 0.3 is 0 Å². The molecular formula is C17H14N2O3S2. The Balaban J connectivity index is 1.55. The van der Waals surface area contributed by atoms with Crippen LogP contribution in [-0.2, 0) is 9.59 Å². The maximum atomic E-state index is 12.0. The SMILES string of the molecule is O=C(C[C@H]1SC(=S)NC1=O)Nc1ccc(Oc2ccccc2)cc1. The molecule has 1 saturated heterocycles. The Kier molecular flexibility index (Phi) is 5.12. The van der Waals surface area contributed by atoms with Gasteiger partial charge in [0.1, 0.15) is 15.8 Å². The second kappa shape index (κ2) is 7.46. The van der Waals surface area contributed by atoms with E-state index in [-0.39, 0.29) is 18.2 Å². The molecule has 7 heteroatoms. The number of rotatable bonds is 5. The highest BCUT2D eigenvalue weighted by Crippen LogP contribution is 2.24. The highest BCUT2D eigenvalue weighted by Gasteiger charge is 2.30. The van der Waals surface area contributed by atoms with Gasteiger partial charge in [0.15, 0.2) is 0 Å². The van der Waals surface area contributed by atoms with Crippen molar-refractivity contribution < 1.29 is 14.3 Å². The molecule has 0 bridgehead atoms. The Morgan fingerprint density at radius 1 is 1.12 bits per heavy atom. The third-order valence-corrected chi connectivity index (χ3v) is 4.63. The number of carbonyl (C=O) groups is 2. The van der Waals surface area contributed by atoms with E-state index < -0.39 is 5.25 Å². The fraction of sp³-hybridized carbons (Fsp3) is 0.118. The minimum absolute atomic E-state index is 0.0822. The smallest absolute Gasteiger partial charge is 0.239 e. The number of benzene rings is 2. The van der Waals surface area contributed by atoms with Gasteiger partial charge in [-0.15, -0.1) is 0 Å². The Morgan fingerprint density at radius 3 is 2.42 bits per heavy atom. The lowest BCUT2D eigenvalue weighted by molar-refractivity contribution is -0.122. The summed E-state index contributed by atoms with van der Waals surface area (Å²) in [6, 6.07) is 16.5. The number of hydrogen-bond acceptors (Lipinski definition) is 5. The van der Waals surface area contributed by atoms with Crippen LogP contribution in [0.25, 0.3) is 0 Å². The van der Waals surface area contributed by atoms with Crippen LogP contribution in [0.2, 0.25) is 0 Å². The highest BCUT2D eigenvalue weighted by atomic mass is 32.2. The molecule has 1 aliphatic rings. The van der Waals surface area contributed by atoms with Crippen molar-refractivity contribution in [2.24, 2.45) is 0 Å². The molecule has 3 rings (SSSR count). The fourth-order valence-corrected chi connectivity index (χ4v) is 3.41. The summed E-state index contributed by atoms with van der Waals surface area (Å²) in [4.78, 5) is 23.6. The Hall–Kier alpha value is -2.38. The molecule has 0 saturated carbocycles. The van der Waals surface area contributed by atoms with Crippen LogP contribution in [0.1, 0.15) is 6.42 Å². The summed E-state index contributed by atoms with van der Waals surface area (Å²) in [5, 5.41) is 4.83. The molecule has 0 aromatic heterocycles. The molecule has 1 fully saturated rings. The van der Waals surface area contributed by atoms with Crippen molar-refractivity contribution in [3.8, 4) is 11.5 Å². The minimum atomic E-state index is -0.460. The summed E-state index contributed by atoms with van der Waals surface area (Å²) in [7, 11) is 0. The molecule has 2 aromatic rings. The molecule has 2 aromatic carbocycles. The lowest BCUT2D eigenvalue weighted by atomic mass is 10.2. The molecule has 0 aliphatic carbocycles. The van der Waals surface area contributed by atoms with Gasteiger partial charge < -0.3 is 15.4 Å². The van der Waals surface area contributed by atoms with Crippen molar-refractivity contribution >= 4 is 45.8 Å². The summed E-state index contributed by atoms with van der Waals surface area (Å²) in [6.45, 7) is 0. The Labute approximate surface area is 148 Å². The summed E-state index contributed by atoms with van der Waals surface area (Å²) in [5.74, 6) is 0.973. The van der Waals surface area contributed by atoms with E-state index in [1.807, 2.05) is 30.3 Å². The largest absolute Gasteiger partial charge is 0.457 e. The average molecular weight is 358 g/mol. The molecule has 0 spiro atoms. The van der Waals surface area contributed by atoms with Crippen molar-refractivity contribution in [1.29, 1.82) is 0 Å². The molecule has 24 heavy (non-hydrogen) atoms. The quantitative estimate of drug-likeness (QED) is 0.803. The summed E-state index contributed by atoms with van der Waals surface area (Å²) >= 11 is 6.12. The molecule has 2 amide bonds. The molecule has 2 N–H and O–H groups in total. The van der Waals surface area contributed by atoms with Crippen LogP contribution in [0, 0.1) is 0 Å². The van der Waals surface area contributed by atoms with E-state index in [4.69, 9.17) is 17.0 Å². The fourth-order valence-electron chi connectivity index (χ4n) is 2.14. The molecule has 122 valence electrons. The number of thiocarbonyl (C=S) groups is 1. The standard InChI is InChI=1S/C17H14N2O3S2/c20-15(10-14-16(21)19-17(23)24-14)18-11-6-8-13(9-7-11)22-12-4-2-1-3-5-12/h1-9,14H,10H2,(H,18,20)(H,19,21,23)/t14-/m1/s1. The number of amides is 2. The lowest BCUT2D eigenvalue weighted by Crippen LogP contribution is -2.27. The van der Waals surface area contributed by atoms with E-state index in [2.05, 4.69) is 10.6 Å². The second-order valence-electron chi connectivity index (χ2n) is 5.07. The van der Waals surface area contributed by atoms with Crippen molar-refractivity contribution in [2.75, 3.05) is 5.32 Å². The van der Waals surface area contributed by atoms with Crippen molar-refractivity contribution in [3.05, 3.63) is 54.6 Å². The van der Waals surface area contributed by atoms with Gasteiger partial charge in [0.05, 0.1) is 5.25 Å². The van der Waals surface area contributed by atoms with E-state index in [9.17, 15) is 9.59 Å². The predicted molar refractivity (Wildman–Crippen MR) is 98.3 cm³/mol. The van der Waals surface area contributed by atoms with Gasteiger partial charge in [0.2, 0.25) is 11.8 Å². The third-order valence-electron chi connectivity index (χ3n) is 3.25. The first-order valence-corrected chi connectivity index (χ1v) is 8.53. The van der Waals surface area contributed by atoms with Crippen LogP contribution in [0.4, 0.5) is 5.69 Å². The number of carbonyl (C=O) groups excluding carboxylic acids is 2. The lowest BCUT2D eigenvalue weighted by Gasteiger charge is -2.09. The minimum Gasteiger partial charge on any atom is -0.457 e. The first-order valence-electron chi connectivity index (χ1n) is 7.24. The van der Waals surface area contributed by atoms with Gasteiger partial charge in [-0.1, -0.05) is 42.2 Å². The summed E-state index contributed by atoms with van der Waals surface area (Å²) < 4.78 is 6.11. The van der Waals surface area contributed by atoms with Crippen molar-refractivity contribution in [3.63, 3.8) is 0 Å². The summed E-state index contributed by atoms with van der Waals surface area (Å²) in [6.07, 6.45) is 0.0822. The molecule has 0 radical (unpaired) electrons. The number of thioether (sulfide) groups is 1. The van der Waals surface area contributed by atoms with Gasteiger partial charge in [-0.2, -0.15) is 0 Å². The van der Waals surface area contributed by atoms with E-state index >= 15 is 0 Å². The zero-order valence-electron chi connectivity index (χ0n) is 12.5. The van der Waals surface area contributed by atoms with E-state index in [0.29, 0.717) is 15.8 Å². The molecule has 0 unspecified atom stereocenters. The van der Waals surface area contributed by atoms with E-state index in [1.54, 1.807) is 24.3 Å². The van der Waals surface area contributed by atoms with E-state index in [0.717, 1.165) is 5.75 Å². The zero-order chi connectivity index (χ0) is 16.9. The third kappa shape index (κ3) is 4.33. The number of ether oxygens (including phenoxy) is 1. The summed E-state index contributed by atoms with van der Waals surface area (Å²) in [5.41, 5.74) is 0.645. The van der Waals surface area contributed by atoms with Gasteiger partial charge in [0.25, 0.3) is 0 Å². The predicted octanol–water partition coefficient (Wildman–Crippen LogP) is 3.32. The molecule has 1 aliphatic heterocycles. The normalized spacial score (nSPS) is 16.6. The number of nitrogens with one attached hydrogen (secondary N) is 2. The van der Waals surface area contributed by atoms with Gasteiger partial charge in [0, 0.05) is 12.1 Å². The highest BCUT2D eigenvalue weighted by molar-refractivity contribution is 8.24.